The summed E-state index contributed by atoms with van der Waals surface area (Å²) in [5.74, 6) is 0.897. The zero-order valence-corrected chi connectivity index (χ0v) is 20.8. The predicted molar refractivity (Wildman–Crippen MR) is 136 cm³/mol. The van der Waals surface area contributed by atoms with E-state index >= 15 is 0 Å². The van der Waals surface area contributed by atoms with Crippen molar-refractivity contribution in [3.05, 3.63) is 64.7 Å². The number of halogens is 1. The first-order valence-electron chi connectivity index (χ1n) is 11.8. The molecule has 0 radical (unpaired) electrons. The van der Waals surface area contributed by atoms with Crippen molar-refractivity contribution in [1.82, 2.24) is 19.2 Å². The fourth-order valence-corrected chi connectivity index (χ4v) is 5.05. The zero-order valence-electron chi connectivity index (χ0n) is 20.0. The van der Waals surface area contributed by atoms with E-state index in [0.29, 0.717) is 29.1 Å². The van der Waals surface area contributed by atoms with Crippen LogP contribution in [0.5, 0.6) is 0 Å². The van der Waals surface area contributed by atoms with E-state index in [1.54, 1.807) is 12.1 Å². The molecule has 1 N–H and O–H groups in total. The maximum atomic E-state index is 13.1. The van der Waals surface area contributed by atoms with Crippen LogP contribution >= 0.6 is 12.2 Å². The molecule has 1 fully saturated rings. The molecule has 1 saturated carbocycles. The summed E-state index contributed by atoms with van der Waals surface area (Å²) in [5.41, 5.74) is 2.80. The molecule has 180 valence electrons. The minimum absolute atomic E-state index is 0.158. The fourth-order valence-electron chi connectivity index (χ4n) is 4.73. The highest BCUT2D eigenvalue weighted by Crippen LogP contribution is 2.36. The van der Waals surface area contributed by atoms with Crippen LogP contribution in [-0.4, -0.2) is 38.7 Å². The molecular weight excluding hydrogens is 449 g/mol. The Morgan fingerprint density at radius 1 is 1.21 bits per heavy atom. The van der Waals surface area contributed by atoms with Gasteiger partial charge in [-0.3, -0.25) is 14.3 Å². The van der Waals surface area contributed by atoms with E-state index in [-0.39, 0.29) is 18.3 Å². The molecule has 0 unspecified atom stereocenters. The highest BCUT2D eigenvalue weighted by Gasteiger charge is 2.28. The Balaban J connectivity index is 1.56. The van der Waals surface area contributed by atoms with E-state index in [4.69, 9.17) is 17.3 Å². The van der Waals surface area contributed by atoms with Crippen LogP contribution in [-0.2, 0) is 11.5 Å². The van der Waals surface area contributed by atoms with E-state index in [9.17, 15) is 9.18 Å². The third-order valence-electron chi connectivity index (χ3n) is 6.46. The number of aryl methyl sites for hydroxylation is 1. The van der Waals surface area contributed by atoms with E-state index in [2.05, 4.69) is 41.9 Å². The quantitative estimate of drug-likeness (QED) is 0.433. The monoisotopic (exact) mass is 481 g/mol. The zero-order chi connectivity index (χ0) is 24.2. The van der Waals surface area contributed by atoms with Gasteiger partial charge in [-0.2, -0.15) is 5.10 Å². The lowest BCUT2D eigenvalue weighted by Gasteiger charge is -2.30. The average Bonchev–Trinajstić information content (AvgIpc) is 3.11. The summed E-state index contributed by atoms with van der Waals surface area (Å²) in [6.45, 7) is 4.93. The SMILES string of the molecule is Cc1cccc(-c2nn(CN(C)CC(=O)Nc3ccc(F)cc3)c(=S)n2[C@@H]2CCCC[C@H]2C)c1. The molecule has 1 aromatic heterocycles. The van der Waals surface area contributed by atoms with Gasteiger partial charge in [0.1, 0.15) is 5.82 Å². The van der Waals surface area contributed by atoms with Crippen molar-refractivity contribution in [2.75, 3.05) is 18.9 Å². The van der Waals surface area contributed by atoms with Crippen LogP contribution in [0.1, 0.15) is 44.2 Å². The molecule has 0 aliphatic heterocycles. The first kappa shape index (κ1) is 24.3. The molecule has 6 nitrogen and oxygen atoms in total. The molecule has 1 heterocycles. The topological polar surface area (TPSA) is 55.1 Å². The van der Waals surface area contributed by atoms with Crippen molar-refractivity contribution in [3.63, 3.8) is 0 Å². The molecule has 34 heavy (non-hydrogen) atoms. The van der Waals surface area contributed by atoms with Crippen LogP contribution in [0.3, 0.4) is 0 Å². The van der Waals surface area contributed by atoms with E-state index in [0.717, 1.165) is 17.8 Å². The van der Waals surface area contributed by atoms with Crippen LogP contribution in [0.15, 0.2) is 48.5 Å². The second-order valence-electron chi connectivity index (χ2n) is 9.38. The molecule has 2 aromatic carbocycles. The lowest BCUT2D eigenvalue weighted by Crippen LogP contribution is -2.32. The van der Waals surface area contributed by atoms with Crippen LogP contribution in [0.4, 0.5) is 10.1 Å². The van der Waals surface area contributed by atoms with E-state index in [1.165, 1.54) is 37.0 Å². The van der Waals surface area contributed by atoms with Crippen molar-refractivity contribution in [1.29, 1.82) is 0 Å². The summed E-state index contributed by atoms with van der Waals surface area (Å²) in [4.78, 5) is 14.4. The van der Waals surface area contributed by atoms with Gasteiger partial charge in [-0.1, -0.05) is 43.5 Å². The molecule has 0 spiro atoms. The fraction of sp³-hybridized carbons (Fsp3) is 0.423. The lowest BCUT2D eigenvalue weighted by molar-refractivity contribution is -0.117. The Morgan fingerprint density at radius 3 is 2.65 bits per heavy atom. The van der Waals surface area contributed by atoms with Crippen molar-refractivity contribution >= 4 is 23.8 Å². The van der Waals surface area contributed by atoms with Gasteiger partial charge in [0.15, 0.2) is 10.6 Å². The standard InChI is InChI=1S/C26H32FN5OS/c1-18-7-6-9-20(15-18)25-29-31(26(34)32(25)23-10-5-4-8-19(23)2)17-30(3)16-24(33)28-22-13-11-21(27)12-14-22/h6-7,9,11-15,19,23H,4-5,8,10,16-17H2,1-3H3,(H,28,33)/t19-,23-/m1/s1. The second-order valence-corrected chi connectivity index (χ2v) is 9.75. The number of hydrogen-bond donors (Lipinski definition) is 1. The number of amides is 1. The largest absolute Gasteiger partial charge is 0.325 e. The number of benzene rings is 2. The van der Waals surface area contributed by atoms with Crippen LogP contribution in [0, 0.1) is 23.4 Å². The highest BCUT2D eigenvalue weighted by atomic mass is 32.1. The Labute approximate surface area is 205 Å². The predicted octanol–water partition coefficient (Wildman–Crippen LogP) is 5.81. The molecule has 4 rings (SSSR count). The third kappa shape index (κ3) is 5.62. The van der Waals surface area contributed by atoms with Gasteiger partial charge >= 0.3 is 0 Å². The smallest absolute Gasteiger partial charge is 0.238 e. The average molecular weight is 482 g/mol. The number of hydrogen-bond acceptors (Lipinski definition) is 4. The number of rotatable bonds is 7. The van der Waals surface area contributed by atoms with Gasteiger partial charge < -0.3 is 5.32 Å². The van der Waals surface area contributed by atoms with Crippen LogP contribution in [0.2, 0.25) is 0 Å². The third-order valence-corrected chi connectivity index (χ3v) is 6.87. The minimum atomic E-state index is -0.336. The Bertz CT molecular complexity index is 1200. The maximum Gasteiger partial charge on any atom is 0.238 e. The number of nitrogens with one attached hydrogen (secondary N) is 1. The molecule has 1 aliphatic carbocycles. The van der Waals surface area contributed by atoms with Gasteiger partial charge in [0, 0.05) is 17.3 Å². The maximum absolute atomic E-state index is 13.1. The second kappa shape index (κ2) is 10.6. The van der Waals surface area contributed by atoms with Gasteiger partial charge in [-0.05, 0) is 75.3 Å². The molecule has 3 aromatic rings. The van der Waals surface area contributed by atoms with Gasteiger partial charge in [0.25, 0.3) is 0 Å². The lowest BCUT2D eigenvalue weighted by atomic mass is 9.85. The summed E-state index contributed by atoms with van der Waals surface area (Å²) in [6.07, 6.45) is 4.73. The van der Waals surface area contributed by atoms with Crippen LogP contribution < -0.4 is 5.32 Å². The molecular formula is C26H32FN5OS. The Hall–Kier alpha value is -2.84. The summed E-state index contributed by atoms with van der Waals surface area (Å²) >= 11 is 5.93. The van der Waals surface area contributed by atoms with E-state index in [1.807, 2.05) is 22.7 Å². The first-order valence-corrected chi connectivity index (χ1v) is 12.2. The van der Waals surface area contributed by atoms with Crippen molar-refractivity contribution < 1.29 is 9.18 Å². The molecule has 0 saturated heterocycles. The normalized spacial score (nSPS) is 18.3. The summed E-state index contributed by atoms with van der Waals surface area (Å²) in [6, 6.07) is 14.4. The van der Waals surface area contributed by atoms with Gasteiger partial charge in [0.2, 0.25) is 5.91 Å². The van der Waals surface area contributed by atoms with Gasteiger partial charge in [-0.25, -0.2) is 9.07 Å². The highest BCUT2D eigenvalue weighted by molar-refractivity contribution is 7.71. The molecule has 1 amide bonds. The Kier molecular flexibility index (Phi) is 7.58. The van der Waals surface area contributed by atoms with Gasteiger partial charge in [0.05, 0.1) is 13.2 Å². The molecule has 8 heteroatoms. The number of likely N-dealkylation sites (N-methyl/N-ethyl adjacent to an activating group) is 1. The molecule has 2 atom stereocenters. The first-order chi connectivity index (χ1) is 16.3. The minimum Gasteiger partial charge on any atom is -0.325 e. The van der Waals surface area contributed by atoms with Crippen molar-refractivity contribution in [2.45, 2.75) is 52.2 Å². The number of carbonyl (C=O) groups is 1. The Morgan fingerprint density at radius 2 is 1.94 bits per heavy atom. The van der Waals surface area contributed by atoms with Crippen LogP contribution in [0.25, 0.3) is 11.4 Å². The van der Waals surface area contributed by atoms with Gasteiger partial charge in [-0.15, -0.1) is 0 Å². The molecule has 1 aliphatic rings. The van der Waals surface area contributed by atoms with E-state index < -0.39 is 0 Å². The summed E-state index contributed by atoms with van der Waals surface area (Å²) in [7, 11) is 1.86. The van der Waals surface area contributed by atoms with Crippen molar-refractivity contribution in [3.8, 4) is 11.4 Å². The number of nitrogens with zero attached hydrogens (tertiary/aromatic N) is 4. The van der Waals surface area contributed by atoms with Crippen molar-refractivity contribution in [2.24, 2.45) is 5.92 Å². The number of carbonyl (C=O) groups excluding carboxylic acids is 1. The summed E-state index contributed by atoms with van der Waals surface area (Å²) < 4.78 is 17.8. The molecule has 0 bridgehead atoms. The number of aromatic nitrogens is 3. The summed E-state index contributed by atoms with van der Waals surface area (Å²) in [5, 5.41) is 7.73. The number of anilines is 1.